The highest BCUT2D eigenvalue weighted by Gasteiger charge is 2.11. The summed E-state index contributed by atoms with van der Waals surface area (Å²) in [6.45, 7) is 7.64. The molecular formula is C16H18N2. The van der Waals surface area contributed by atoms with Gasteiger partial charge in [0, 0.05) is 23.5 Å². The largest absolute Gasteiger partial charge is 0.325 e. The van der Waals surface area contributed by atoms with Crippen LogP contribution in [0, 0.1) is 12.8 Å². The van der Waals surface area contributed by atoms with Gasteiger partial charge < -0.3 is 4.57 Å². The van der Waals surface area contributed by atoms with Gasteiger partial charge in [0.1, 0.15) is 5.65 Å². The first kappa shape index (κ1) is 11.3. The Bertz CT molecular complexity index is 708. The first-order valence-corrected chi connectivity index (χ1v) is 6.50. The molecule has 0 amide bonds. The molecule has 0 saturated heterocycles. The quantitative estimate of drug-likeness (QED) is 0.655. The van der Waals surface area contributed by atoms with Crippen LogP contribution in [0.1, 0.15) is 19.4 Å². The van der Waals surface area contributed by atoms with Gasteiger partial charge in [0.25, 0.3) is 0 Å². The summed E-state index contributed by atoms with van der Waals surface area (Å²) in [4.78, 5) is 4.56. The molecule has 0 bridgehead atoms. The zero-order valence-corrected chi connectivity index (χ0v) is 11.1. The number of hydrogen-bond donors (Lipinski definition) is 0. The van der Waals surface area contributed by atoms with E-state index in [-0.39, 0.29) is 0 Å². The number of nitrogens with zero attached hydrogens (tertiary/aromatic N) is 2. The standard InChI is InChI=1S/C16H18N2/c1-11(2)10-18-15-7-6-12(3)9-14(15)13-5-4-8-17-16(13)18/h4-9,11H,10H2,1-3H3. The van der Waals surface area contributed by atoms with Crippen molar-refractivity contribution < 1.29 is 0 Å². The number of aromatic nitrogens is 2. The normalized spacial score (nSPS) is 11.8. The molecule has 0 aliphatic carbocycles. The van der Waals surface area contributed by atoms with E-state index in [2.05, 4.69) is 54.6 Å². The fraction of sp³-hybridized carbons (Fsp3) is 0.312. The molecular weight excluding hydrogens is 220 g/mol. The number of pyridine rings is 1. The minimum absolute atomic E-state index is 0.618. The number of hydrogen-bond acceptors (Lipinski definition) is 1. The van der Waals surface area contributed by atoms with Gasteiger partial charge >= 0.3 is 0 Å². The molecule has 2 heterocycles. The van der Waals surface area contributed by atoms with Crippen molar-refractivity contribution in [1.82, 2.24) is 9.55 Å². The second kappa shape index (κ2) is 4.13. The molecule has 0 spiro atoms. The lowest BCUT2D eigenvalue weighted by Gasteiger charge is -2.09. The van der Waals surface area contributed by atoms with Gasteiger partial charge in [-0.25, -0.2) is 4.98 Å². The third kappa shape index (κ3) is 1.69. The molecule has 2 heteroatoms. The lowest BCUT2D eigenvalue weighted by Crippen LogP contribution is -2.04. The summed E-state index contributed by atoms with van der Waals surface area (Å²) in [6.07, 6.45) is 1.88. The number of benzene rings is 1. The highest BCUT2D eigenvalue weighted by Crippen LogP contribution is 2.28. The first-order valence-electron chi connectivity index (χ1n) is 6.50. The number of rotatable bonds is 2. The van der Waals surface area contributed by atoms with Gasteiger partial charge in [0.05, 0.1) is 5.52 Å². The molecule has 0 radical (unpaired) electrons. The average Bonchev–Trinajstić information content (AvgIpc) is 2.64. The summed E-state index contributed by atoms with van der Waals surface area (Å²) in [5, 5.41) is 2.58. The number of fused-ring (bicyclic) bond motifs is 3. The summed E-state index contributed by atoms with van der Waals surface area (Å²) < 4.78 is 2.34. The van der Waals surface area contributed by atoms with Crippen LogP contribution in [-0.4, -0.2) is 9.55 Å². The minimum atomic E-state index is 0.618. The second-order valence-electron chi connectivity index (χ2n) is 5.40. The Morgan fingerprint density at radius 3 is 2.78 bits per heavy atom. The summed E-state index contributed by atoms with van der Waals surface area (Å²) in [5.41, 5.74) is 3.70. The summed E-state index contributed by atoms with van der Waals surface area (Å²) >= 11 is 0. The van der Waals surface area contributed by atoms with E-state index in [1.807, 2.05) is 12.3 Å². The van der Waals surface area contributed by atoms with Crippen molar-refractivity contribution in [2.75, 3.05) is 0 Å². The highest BCUT2D eigenvalue weighted by atomic mass is 15.0. The Morgan fingerprint density at radius 2 is 2.00 bits per heavy atom. The van der Waals surface area contributed by atoms with Gasteiger partial charge in [0.15, 0.2) is 0 Å². The Labute approximate surface area is 107 Å². The predicted octanol–water partition coefficient (Wildman–Crippen LogP) is 4.15. The molecule has 3 rings (SSSR count). The zero-order valence-electron chi connectivity index (χ0n) is 11.1. The maximum absolute atomic E-state index is 4.56. The Balaban J connectivity index is 2.42. The summed E-state index contributed by atoms with van der Waals surface area (Å²) in [5.74, 6) is 0.618. The maximum atomic E-state index is 4.56. The van der Waals surface area contributed by atoms with Gasteiger partial charge in [-0.05, 0) is 37.1 Å². The van der Waals surface area contributed by atoms with Crippen LogP contribution < -0.4 is 0 Å². The van der Waals surface area contributed by atoms with Gasteiger partial charge in [0.2, 0.25) is 0 Å². The predicted molar refractivity (Wildman–Crippen MR) is 76.8 cm³/mol. The van der Waals surface area contributed by atoms with Crippen LogP contribution in [0.4, 0.5) is 0 Å². The van der Waals surface area contributed by atoms with Gasteiger partial charge in [-0.3, -0.25) is 0 Å². The van der Waals surface area contributed by atoms with Crippen LogP contribution in [0.15, 0.2) is 36.5 Å². The van der Waals surface area contributed by atoms with E-state index in [1.54, 1.807) is 0 Å². The molecule has 0 aliphatic rings. The van der Waals surface area contributed by atoms with Crippen molar-refractivity contribution >= 4 is 21.9 Å². The van der Waals surface area contributed by atoms with Crippen molar-refractivity contribution in [1.29, 1.82) is 0 Å². The number of aryl methyl sites for hydroxylation is 1. The van der Waals surface area contributed by atoms with Crippen LogP contribution in [-0.2, 0) is 6.54 Å². The SMILES string of the molecule is Cc1ccc2c(c1)c1cccnc1n2CC(C)C. The van der Waals surface area contributed by atoms with Crippen molar-refractivity contribution in [2.24, 2.45) is 5.92 Å². The molecule has 3 aromatic rings. The first-order chi connectivity index (χ1) is 8.66. The van der Waals surface area contributed by atoms with E-state index in [1.165, 1.54) is 21.9 Å². The third-order valence-electron chi connectivity index (χ3n) is 3.32. The highest BCUT2D eigenvalue weighted by molar-refractivity contribution is 6.06. The molecule has 2 aromatic heterocycles. The second-order valence-corrected chi connectivity index (χ2v) is 5.40. The average molecular weight is 238 g/mol. The van der Waals surface area contributed by atoms with Crippen molar-refractivity contribution in [3.05, 3.63) is 42.1 Å². The Morgan fingerprint density at radius 1 is 1.17 bits per heavy atom. The fourth-order valence-electron chi connectivity index (χ4n) is 2.59. The molecule has 0 fully saturated rings. The molecule has 0 atom stereocenters. The third-order valence-corrected chi connectivity index (χ3v) is 3.32. The Hall–Kier alpha value is -1.83. The van der Waals surface area contributed by atoms with Crippen molar-refractivity contribution in [3.63, 3.8) is 0 Å². The lowest BCUT2D eigenvalue weighted by molar-refractivity contribution is 0.543. The van der Waals surface area contributed by atoms with E-state index < -0.39 is 0 Å². The van der Waals surface area contributed by atoms with E-state index in [0.717, 1.165) is 12.2 Å². The van der Waals surface area contributed by atoms with E-state index in [4.69, 9.17) is 0 Å². The van der Waals surface area contributed by atoms with Crippen LogP contribution in [0.3, 0.4) is 0 Å². The zero-order chi connectivity index (χ0) is 12.7. The van der Waals surface area contributed by atoms with E-state index in [0.29, 0.717) is 5.92 Å². The van der Waals surface area contributed by atoms with Crippen LogP contribution in [0.25, 0.3) is 21.9 Å². The minimum Gasteiger partial charge on any atom is -0.325 e. The van der Waals surface area contributed by atoms with Crippen LogP contribution >= 0.6 is 0 Å². The van der Waals surface area contributed by atoms with Crippen molar-refractivity contribution in [3.8, 4) is 0 Å². The summed E-state index contributed by atoms with van der Waals surface area (Å²) in [6, 6.07) is 10.8. The van der Waals surface area contributed by atoms with Crippen molar-refractivity contribution in [2.45, 2.75) is 27.3 Å². The van der Waals surface area contributed by atoms with Crippen LogP contribution in [0.2, 0.25) is 0 Å². The smallest absolute Gasteiger partial charge is 0.140 e. The molecule has 0 N–H and O–H groups in total. The molecule has 92 valence electrons. The topological polar surface area (TPSA) is 17.8 Å². The lowest BCUT2D eigenvalue weighted by atomic mass is 10.1. The maximum Gasteiger partial charge on any atom is 0.140 e. The molecule has 1 aromatic carbocycles. The van der Waals surface area contributed by atoms with Gasteiger partial charge in [-0.2, -0.15) is 0 Å². The van der Waals surface area contributed by atoms with E-state index >= 15 is 0 Å². The fourth-order valence-corrected chi connectivity index (χ4v) is 2.59. The summed E-state index contributed by atoms with van der Waals surface area (Å²) in [7, 11) is 0. The van der Waals surface area contributed by atoms with E-state index in [9.17, 15) is 0 Å². The van der Waals surface area contributed by atoms with Crippen LogP contribution in [0.5, 0.6) is 0 Å². The molecule has 0 unspecified atom stereocenters. The molecule has 2 nitrogen and oxygen atoms in total. The Kier molecular flexibility index (Phi) is 2.58. The molecule has 0 saturated carbocycles. The molecule has 18 heavy (non-hydrogen) atoms. The molecule has 0 aliphatic heterocycles. The van der Waals surface area contributed by atoms with Gasteiger partial charge in [-0.15, -0.1) is 0 Å². The van der Waals surface area contributed by atoms with Gasteiger partial charge in [-0.1, -0.05) is 25.5 Å². The monoisotopic (exact) mass is 238 g/mol.